The summed E-state index contributed by atoms with van der Waals surface area (Å²) in [5.41, 5.74) is 1.06. The zero-order chi connectivity index (χ0) is 13.8. The average Bonchev–Trinajstić information content (AvgIpc) is 2.40. The predicted octanol–water partition coefficient (Wildman–Crippen LogP) is 5.10. The van der Waals surface area contributed by atoms with Crippen LogP contribution in [0.3, 0.4) is 0 Å². The molecule has 2 nitrogen and oxygen atoms in total. The number of nitriles is 1. The number of nitrogens with zero attached hydrogens (tertiary/aromatic N) is 1. The Morgan fingerprint density at radius 1 is 1.05 bits per heavy atom. The van der Waals surface area contributed by atoms with Gasteiger partial charge in [0.2, 0.25) is 0 Å². The standard InChI is InChI=1S/C14H8Cl3NO/c15-10-4-5-12(16)9(6-10)8-19-14-3-1-2-13(17)11(14)7-18/h1-6H,8H2. The zero-order valence-corrected chi connectivity index (χ0v) is 11.9. The summed E-state index contributed by atoms with van der Waals surface area (Å²) in [6.45, 7) is 0.217. The molecule has 0 bridgehead atoms. The maximum atomic E-state index is 9.03. The van der Waals surface area contributed by atoms with E-state index in [2.05, 4.69) is 0 Å². The molecule has 0 N–H and O–H groups in total. The quantitative estimate of drug-likeness (QED) is 0.790. The Morgan fingerprint density at radius 2 is 1.84 bits per heavy atom. The molecule has 0 saturated carbocycles. The first kappa shape index (κ1) is 14.0. The zero-order valence-electron chi connectivity index (χ0n) is 9.66. The van der Waals surface area contributed by atoms with Crippen molar-refractivity contribution in [2.45, 2.75) is 6.61 Å². The van der Waals surface area contributed by atoms with E-state index < -0.39 is 0 Å². The van der Waals surface area contributed by atoms with Gasteiger partial charge in [-0.15, -0.1) is 0 Å². The Balaban J connectivity index is 2.22. The molecule has 19 heavy (non-hydrogen) atoms. The number of rotatable bonds is 3. The van der Waals surface area contributed by atoms with Gasteiger partial charge in [0.1, 0.15) is 24.0 Å². The minimum Gasteiger partial charge on any atom is -0.487 e. The lowest BCUT2D eigenvalue weighted by Crippen LogP contribution is -1.98. The van der Waals surface area contributed by atoms with E-state index in [0.29, 0.717) is 26.4 Å². The smallest absolute Gasteiger partial charge is 0.139 e. The molecule has 2 aromatic rings. The van der Waals surface area contributed by atoms with Gasteiger partial charge in [-0.3, -0.25) is 0 Å². The number of benzene rings is 2. The molecule has 0 unspecified atom stereocenters. The summed E-state index contributed by atoms with van der Waals surface area (Å²) < 4.78 is 5.58. The molecule has 2 aromatic carbocycles. The van der Waals surface area contributed by atoms with Gasteiger partial charge in [0, 0.05) is 15.6 Å². The Kier molecular flexibility index (Phi) is 4.55. The first-order valence-corrected chi connectivity index (χ1v) is 6.50. The molecule has 0 aliphatic heterocycles. The van der Waals surface area contributed by atoms with Crippen LogP contribution in [0.2, 0.25) is 15.1 Å². The molecule has 96 valence electrons. The predicted molar refractivity (Wildman–Crippen MR) is 77.0 cm³/mol. The number of hydrogen-bond acceptors (Lipinski definition) is 2. The Labute approximate surface area is 126 Å². The Hall–Kier alpha value is -1.40. The number of ether oxygens (including phenoxy) is 1. The van der Waals surface area contributed by atoms with E-state index in [1.165, 1.54) is 0 Å². The van der Waals surface area contributed by atoms with E-state index in [1.54, 1.807) is 36.4 Å². The summed E-state index contributed by atoms with van der Waals surface area (Å²) in [4.78, 5) is 0. The maximum Gasteiger partial charge on any atom is 0.139 e. The van der Waals surface area contributed by atoms with Crippen LogP contribution in [0.4, 0.5) is 0 Å². The van der Waals surface area contributed by atoms with Crippen molar-refractivity contribution in [1.82, 2.24) is 0 Å². The average molecular weight is 313 g/mol. The van der Waals surface area contributed by atoms with Crippen molar-refractivity contribution in [2.75, 3.05) is 0 Å². The third-order valence-electron chi connectivity index (χ3n) is 2.48. The minimum absolute atomic E-state index is 0.217. The fourth-order valence-electron chi connectivity index (χ4n) is 1.54. The summed E-state index contributed by atoms with van der Waals surface area (Å²) >= 11 is 17.9. The van der Waals surface area contributed by atoms with E-state index in [4.69, 9.17) is 44.8 Å². The lowest BCUT2D eigenvalue weighted by molar-refractivity contribution is 0.305. The Bertz CT molecular complexity index is 650. The normalized spacial score (nSPS) is 10.0. The summed E-state index contributed by atoms with van der Waals surface area (Å²) in [6, 6.07) is 12.2. The minimum atomic E-state index is 0.217. The monoisotopic (exact) mass is 311 g/mol. The van der Waals surface area contributed by atoms with Crippen LogP contribution in [0.1, 0.15) is 11.1 Å². The SMILES string of the molecule is N#Cc1c(Cl)cccc1OCc1cc(Cl)ccc1Cl. The fourth-order valence-corrected chi connectivity index (χ4v) is 2.12. The molecule has 0 heterocycles. The molecule has 0 aliphatic rings. The molecule has 0 atom stereocenters. The lowest BCUT2D eigenvalue weighted by Gasteiger charge is -2.10. The molecule has 0 aromatic heterocycles. The molecule has 0 saturated heterocycles. The molecule has 2 rings (SSSR count). The van der Waals surface area contributed by atoms with Crippen LogP contribution in [0.25, 0.3) is 0 Å². The van der Waals surface area contributed by atoms with Crippen LogP contribution >= 0.6 is 34.8 Å². The highest BCUT2D eigenvalue weighted by Gasteiger charge is 2.09. The van der Waals surface area contributed by atoms with Crippen molar-refractivity contribution in [3.8, 4) is 11.8 Å². The number of halogens is 3. The van der Waals surface area contributed by atoms with E-state index >= 15 is 0 Å². The van der Waals surface area contributed by atoms with Gasteiger partial charge in [0.05, 0.1) is 5.02 Å². The summed E-state index contributed by atoms with van der Waals surface area (Å²) in [5, 5.41) is 10.5. The second-order valence-corrected chi connectivity index (χ2v) is 5.00. The van der Waals surface area contributed by atoms with Crippen LogP contribution in [-0.4, -0.2) is 0 Å². The highest BCUT2D eigenvalue weighted by Crippen LogP contribution is 2.27. The molecule has 5 heteroatoms. The molecule has 0 fully saturated rings. The molecular formula is C14H8Cl3NO. The number of hydrogen-bond donors (Lipinski definition) is 0. The van der Waals surface area contributed by atoms with Crippen molar-refractivity contribution >= 4 is 34.8 Å². The molecular weight excluding hydrogens is 305 g/mol. The largest absolute Gasteiger partial charge is 0.487 e. The van der Waals surface area contributed by atoms with E-state index in [9.17, 15) is 0 Å². The summed E-state index contributed by atoms with van der Waals surface area (Å²) in [5.74, 6) is 0.422. The highest BCUT2D eigenvalue weighted by molar-refractivity contribution is 6.33. The van der Waals surface area contributed by atoms with Gasteiger partial charge >= 0.3 is 0 Å². The van der Waals surface area contributed by atoms with Crippen LogP contribution in [0, 0.1) is 11.3 Å². The van der Waals surface area contributed by atoms with Crippen molar-refractivity contribution < 1.29 is 4.74 Å². The van der Waals surface area contributed by atoms with Gasteiger partial charge < -0.3 is 4.74 Å². The van der Waals surface area contributed by atoms with Gasteiger partial charge in [-0.25, -0.2) is 0 Å². The highest BCUT2D eigenvalue weighted by atomic mass is 35.5. The van der Waals surface area contributed by atoms with Crippen LogP contribution < -0.4 is 4.74 Å². The topological polar surface area (TPSA) is 33.0 Å². The summed E-state index contributed by atoms with van der Waals surface area (Å²) in [6.07, 6.45) is 0. The Morgan fingerprint density at radius 3 is 2.58 bits per heavy atom. The molecule has 0 radical (unpaired) electrons. The molecule has 0 spiro atoms. The van der Waals surface area contributed by atoms with E-state index in [-0.39, 0.29) is 6.61 Å². The van der Waals surface area contributed by atoms with E-state index in [0.717, 1.165) is 5.56 Å². The fraction of sp³-hybridized carbons (Fsp3) is 0.0714. The third kappa shape index (κ3) is 3.33. The van der Waals surface area contributed by atoms with Crippen LogP contribution in [0.5, 0.6) is 5.75 Å². The van der Waals surface area contributed by atoms with Gasteiger partial charge in [0.25, 0.3) is 0 Å². The first-order chi connectivity index (χ1) is 9.11. The van der Waals surface area contributed by atoms with E-state index in [1.807, 2.05) is 6.07 Å². The molecule has 0 amide bonds. The second-order valence-electron chi connectivity index (χ2n) is 3.75. The van der Waals surface area contributed by atoms with Crippen molar-refractivity contribution in [3.05, 3.63) is 62.6 Å². The van der Waals surface area contributed by atoms with Crippen LogP contribution in [-0.2, 0) is 6.61 Å². The van der Waals surface area contributed by atoms with Gasteiger partial charge in [-0.05, 0) is 30.3 Å². The summed E-state index contributed by atoms with van der Waals surface area (Å²) in [7, 11) is 0. The lowest BCUT2D eigenvalue weighted by atomic mass is 10.2. The van der Waals surface area contributed by atoms with Gasteiger partial charge in [0.15, 0.2) is 0 Å². The van der Waals surface area contributed by atoms with Crippen molar-refractivity contribution in [3.63, 3.8) is 0 Å². The van der Waals surface area contributed by atoms with Gasteiger partial charge in [-0.2, -0.15) is 5.26 Å². The maximum absolute atomic E-state index is 9.03. The van der Waals surface area contributed by atoms with Crippen molar-refractivity contribution in [1.29, 1.82) is 5.26 Å². The first-order valence-electron chi connectivity index (χ1n) is 5.37. The van der Waals surface area contributed by atoms with Crippen molar-refractivity contribution in [2.24, 2.45) is 0 Å². The van der Waals surface area contributed by atoms with Gasteiger partial charge in [-0.1, -0.05) is 40.9 Å². The second kappa shape index (κ2) is 6.16. The third-order valence-corrected chi connectivity index (χ3v) is 3.40. The molecule has 0 aliphatic carbocycles. The van der Waals surface area contributed by atoms with Crippen LogP contribution in [0.15, 0.2) is 36.4 Å².